The summed E-state index contributed by atoms with van der Waals surface area (Å²) in [7, 11) is 0. The van der Waals surface area contributed by atoms with Gasteiger partial charge in [-0.1, -0.05) is 12.1 Å². The van der Waals surface area contributed by atoms with Crippen LogP contribution in [0.3, 0.4) is 0 Å². The summed E-state index contributed by atoms with van der Waals surface area (Å²) in [6.45, 7) is 0. The van der Waals surface area contributed by atoms with E-state index >= 15 is 0 Å². The van der Waals surface area contributed by atoms with Crippen molar-refractivity contribution in [2.75, 3.05) is 0 Å². The van der Waals surface area contributed by atoms with Gasteiger partial charge in [0.15, 0.2) is 5.56 Å². The van der Waals surface area contributed by atoms with Crippen molar-refractivity contribution in [3.05, 3.63) is 40.2 Å². The maximum absolute atomic E-state index is 11.4. The average molecular weight is 217 g/mol. The molecule has 2 aromatic rings. The quantitative estimate of drug-likeness (QED) is 0.451. The van der Waals surface area contributed by atoms with Gasteiger partial charge in [-0.3, -0.25) is 4.79 Å². The Morgan fingerprint density at radius 1 is 1.38 bits per heavy atom. The van der Waals surface area contributed by atoms with Crippen LogP contribution < -0.4 is 5.63 Å². The lowest BCUT2D eigenvalue weighted by atomic mass is 10.1. The first-order chi connectivity index (χ1) is 7.65. The molecule has 80 valence electrons. The van der Waals surface area contributed by atoms with E-state index in [2.05, 4.69) is 0 Å². The number of aromatic hydroxyl groups is 1. The van der Waals surface area contributed by atoms with Crippen molar-refractivity contribution in [3.8, 4) is 5.75 Å². The molecule has 0 atom stereocenters. The second-order valence-corrected chi connectivity index (χ2v) is 3.12. The number of carbonyl (C=O) groups excluding carboxylic acids is 1. The molecule has 5 nitrogen and oxygen atoms in total. The van der Waals surface area contributed by atoms with Gasteiger partial charge in [0.05, 0.1) is 11.6 Å². The Balaban J connectivity index is 2.91. The summed E-state index contributed by atoms with van der Waals surface area (Å²) < 4.78 is 4.86. The molecule has 5 heteroatoms. The number of hydrogen-bond acceptors (Lipinski definition) is 5. The molecule has 1 heterocycles. The largest absolute Gasteiger partial charge is 0.506 e. The Hall–Kier alpha value is -2.43. The molecule has 0 aliphatic carbocycles. The first-order valence-corrected chi connectivity index (χ1v) is 4.44. The average Bonchev–Trinajstić information content (AvgIpc) is 2.28. The highest BCUT2D eigenvalue weighted by Gasteiger charge is 2.18. The van der Waals surface area contributed by atoms with Crippen molar-refractivity contribution in [1.82, 2.24) is 0 Å². The van der Waals surface area contributed by atoms with Gasteiger partial charge in [0.2, 0.25) is 5.78 Å². The van der Waals surface area contributed by atoms with Gasteiger partial charge in [-0.05, 0) is 12.1 Å². The van der Waals surface area contributed by atoms with Crippen molar-refractivity contribution in [2.24, 2.45) is 0 Å². The van der Waals surface area contributed by atoms with E-state index in [1.807, 2.05) is 0 Å². The molecule has 0 radical (unpaired) electrons. The standard InChI is InChI=1S/C11H7NO4/c12-5-7(13)9-10(14)6-3-1-2-4-8(6)16-11(9)15/h1-5,12,14H. The molecule has 0 spiro atoms. The predicted octanol–water partition coefficient (Wildman–Crippen LogP) is 1.33. The van der Waals surface area contributed by atoms with Gasteiger partial charge in [-0.2, -0.15) is 0 Å². The van der Waals surface area contributed by atoms with Crippen LogP contribution in [0.4, 0.5) is 0 Å². The summed E-state index contributed by atoms with van der Waals surface area (Å²) in [4.78, 5) is 22.6. The zero-order valence-electron chi connectivity index (χ0n) is 8.06. The van der Waals surface area contributed by atoms with E-state index in [9.17, 15) is 14.7 Å². The van der Waals surface area contributed by atoms with Crippen LogP contribution in [0.1, 0.15) is 10.4 Å². The minimum absolute atomic E-state index is 0.200. The normalized spacial score (nSPS) is 10.2. The summed E-state index contributed by atoms with van der Waals surface area (Å²) in [6.07, 6.45) is 0.459. The van der Waals surface area contributed by atoms with Crippen LogP contribution in [0.25, 0.3) is 11.0 Å². The Bertz CT molecular complexity index is 642. The highest BCUT2D eigenvalue weighted by atomic mass is 16.4. The monoisotopic (exact) mass is 217 g/mol. The Morgan fingerprint density at radius 2 is 2.06 bits per heavy atom. The number of benzene rings is 1. The Morgan fingerprint density at radius 3 is 2.75 bits per heavy atom. The zero-order valence-corrected chi connectivity index (χ0v) is 8.06. The third kappa shape index (κ3) is 1.38. The van der Waals surface area contributed by atoms with E-state index in [0.29, 0.717) is 6.21 Å². The molecule has 1 aromatic heterocycles. The van der Waals surface area contributed by atoms with Crippen molar-refractivity contribution in [3.63, 3.8) is 0 Å². The molecule has 16 heavy (non-hydrogen) atoms. The minimum atomic E-state index is -0.940. The number of hydrogen-bond donors (Lipinski definition) is 2. The van der Waals surface area contributed by atoms with E-state index in [-0.39, 0.29) is 11.0 Å². The smallest absolute Gasteiger partial charge is 0.351 e. The second kappa shape index (κ2) is 3.62. The predicted molar refractivity (Wildman–Crippen MR) is 57.3 cm³/mol. The lowest BCUT2D eigenvalue weighted by molar-refractivity contribution is 0.106. The SMILES string of the molecule is N=CC(=O)c1c(O)c2ccccc2oc1=O. The van der Waals surface area contributed by atoms with E-state index < -0.39 is 22.7 Å². The van der Waals surface area contributed by atoms with Gasteiger partial charge < -0.3 is 14.9 Å². The van der Waals surface area contributed by atoms with Crippen molar-refractivity contribution >= 4 is 23.0 Å². The lowest BCUT2D eigenvalue weighted by Crippen LogP contribution is -2.14. The van der Waals surface area contributed by atoms with Gasteiger partial charge >= 0.3 is 5.63 Å². The van der Waals surface area contributed by atoms with Crippen LogP contribution in [0, 0.1) is 5.41 Å². The topological polar surface area (TPSA) is 91.4 Å². The van der Waals surface area contributed by atoms with Crippen molar-refractivity contribution in [1.29, 1.82) is 5.41 Å². The maximum atomic E-state index is 11.4. The lowest BCUT2D eigenvalue weighted by Gasteiger charge is -2.02. The fourth-order valence-corrected chi connectivity index (χ4v) is 1.42. The molecular formula is C11H7NO4. The number of nitrogens with one attached hydrogen (secondary N) is 1. The minimum Gasteiger partial charge on any atom is -0.506 e. The van der Waals surface area contributed by atoms with Gasteiger partial charge in [0, 0.05) is 0 Å². The Labute approximate surface area is 89.5 Å². The number of fused-ring (bicyclic) bond motifs is 1. The number of para-hydroxylation sites is 1. The van der Waals surface area contributed by atoms with Crippen LogP contribution in [-0.2, 0) is 0 Å². The Kier molecular flexibility index (Phi) is 2.28. The highest BCUT2D eigenvalue weighted by Crippen LogP contribution is 2.25. The van der Waals surface area contributed by atoms with Crippen LogP contribution >= 0.6 is 0 Å². The van der Waals surface area contributed by atoms with Crippen LogP contribution in [0.5, 0.6) is 5.75 Å². The molecular weight excluding hydrogens is 210 g/mol. The second-order valence-electron chi connectivity index (χ2n) is 3.12. The summed E-state index contributed by atoms with van der Waals surface area (Å²) in [6, 6.07) is 6.31. The van der Waals surface area contributed by atoms with Crippen molar-refractivity contribution in [2.45, 2.75) is 0 Å². The molecule has 2 N–H and O–H groups in total. The number of Topliss-reactive ketones (excluding diaryl/α,β-unsaturated/α-hetero) is 1. The fraction of sp³-hybridized carbons (Fsp3) is 0. The molecule has 0 fully saturated rings. The van der Waals surface area contributed by atoms with Crippen molar-refractivity contribution < 1.29 is 14.3 Å². The van der Waals surface area contributed by atoms with Gasteiger partial charge in [0.25, 0.3) is 0 Å². The first-order valence-electron chi connectivity index (χ1n) is 4.44. The number of rotatable bonds is 2. The van der Waals surface area contributed by atoms with E-state index in [4.69, 9.17) is 9.83 Å². The third-order valence-electron chi connectivity index (χ3n) is 2.16. The molecule has 0 bridgehead atoms. The molecule has 0 unspecified atom stereocenters. The van der Waals surface area contributed by atoms with E-state index in [1.54, 1.807) is 12.1 Å². The molecule has 0 saturated carbocycles. The number of ketones is 1. The maximum Gasteiger partial charge on any atom is 0.351 e. The van der Waals surface area contributed by atoms with E-state index in [1.165, 1.54) is 12.1 Å². The fourth-order valence-electron chi connectivity index (χ4n) is 1.42. The van der Waals surface area contributed by atoms with Crippen LogP contribution in [0.2, 0.25) is 0 Å². The molecule has 0 saturated heterocycles. The summed E-state index contributed by atoms with van der Waals surface area (Å²) in [5.74, 6) is -1.32. The highest BCUT2D eigenvalue weighted by molar-refractivity contribution is 6.35. The first kappa shape index (κ1) is 10.1. The summed E-state index contributed by atoms with van der Waals surface area (Å²) in [5, 5.41) is 16.8. The number of carbonyl (C=O) groups is 1. The van der Waals surface area contributed by atoms with E-state index in [0.717, 1.165) is 0 Å². The third-order valence-corrected chi connectivity index (χ3v) is 2.16. The molecule has 0 amide bonds. The molecule has 2 rings (SSSR count). The van der Waals surface area contributed by atoms with Gasteiger partial charge in [-0.15, -0.1) is 0 Å². The summed E-state index contributed by atoms with van der Waals surface area (Å²) in [5.41, 5.74) is -1.25. The van der Waals surface area contributed by atoms with Gasteiger partial charge in [0.1, 0.15) is 11.3 Å². The summed E-state index contributed by atoms with van der Waals surface area (Å²) >= 11 is 0. The molecule has 0 aliphatic heterocycles. The van der Waals surface area contributed by atoms with Gasteiger partial charge in [-0.25, -0.2) is 4.79 Å². The molecule has 1 aromatic carbocycles. The van der Waals surface area contributed by atoms with Crippen LogP contribution in [-0.4, -0.2) is 17.1 Å². The molecule has 0 aliphatic rings. The zero-order chi connectivity index (χ0) is 11.7. The van der Waals surface area contributed by atoms with Crippen LogP contribution in [0.15, 0.2) is 33.5 Å².